The molecule has 2 fully saturated rings. The van der Waals surface area contributed by atoms with Crippen molar-refractivity contribution >= 4 is 0 Å². The number of hydrogen-bond acceptors (Lipinski definition) is 4. The molecule has 2 saturated heterocycles. The summed E-state index contributed by atoms with van der Waals surface area (Å²) in [4.78, 5) is 2.46. The molecular weight excluding hydrogens is 216 g/mol. The molecule has 0 spiro atoms. The lowest BCUT2D eigenvalue weighted by atomic mass is 9.94. The van der Waals surface area contributed by atoms with Gasteiger partial charge >= 0.3 is 0 Å². The lowest BCUT2D eigenvalue weighted by Gasteiger charge is -2.36. The maximum atomic E-state index is 5.62. The van der Waals surface area contributed by atoms with Gasteiger partial charge < -0.3 is 19.7 Å². The van der Waals surface area contributed by atoms with E-state index in [1.54, 1.807) is 0 Å². The summed E-state index contributed by atoms with van der Waals surface area (Å²) in [5, 5.41) is 3.59. The Hall–Kier alpha value is -0.160. The van der Waals surface area contributed by atoms with Gasteiger partial charge in [-0.15, -0.1) is 0 Å². The van der Waals surface area contributed by atoms with Crippen molar-refractivity contribution in [3.63, 3.8) is 0 Å². The van der Waals surface area contributed by atoms with Crippen LogP contribution in [0, 0.1) is 5.92 Å². The Morgan fingerprint density at radius 1 is 1.18 bits per heavy atom. The summed E-state index contributed by atoms with van der Waals surface area (Å²) in [7, 11) is 2.22. The van der Waals surface area contributed by atoms with E-state index < -0.39 is 0 Å². The van der Waals surface area contributed by atoms with Gasteiger partial charge in [-0.05, 0) is 26.4 Å². The van der Waals surface area contributed by atoms with Crippen molar-refractivity contribution in [2.24, 2.45) is 5.92 Å². The fourth-order valence-electron chi connectivity index (χ4n) is 2.90. The number of nitrogens with zero attached hydrogens (tertiary/aromatic N) is 1. The van der Waals surface area contributed by atoms with E-state index in [1.165, 1.54) is 6.42 Å². The molecule has 3 atom stereocenters. The molecule has 0 amide bonds. The minimum atomic E-state index is 0.610. The van der Waals surface area contributed by atoms with Crippen LogP contribution in [0.2, 0.25) is 0 Å². The SMILES string of the molecule is CCNC1CCOCC1CN(C)C1CCOC1. The first kappa shape index (κ1) is 13.3. The molecule has 0 bridgehead atoms. The van der Waals surface area contributed by atoms with Gasteiger partial charge in [0, 0.05) is 37.8 Å². The molecule has 0 aromatic heterocycles. The predicted molar refractivity (Wildman–Crippen MR) is 68.2 cm³/mol. The van der Waals surface area contributed by atoms with Gasteiger partial charge in [-0.2, -0.15) is 0 Å². The zero-order valence-electron chi connectivity index (χ0n) is 11.2. The number of hydrogen-bond donors (Lipinski definition) is 1. The van der Waals surface area contributed by atoms with Gasteiger partial charge in [-0.1, -0.05) is 6.92 Å². The highest BCUT2D eigenvalue weighted by atomic mass is 16.5. The van der Waals surface area contributed by atoms with Crippen LogP contribution in [0.4, 0.5) is 0 Å². The predicted octanol–water partition coefficient (Wildman–Crippen LogP) is 0.722. The molecule has 100 valence electrons. The second-order valence-electron chi connectivity index (χ2n) is 5.24. The van der Waals surface area contributed by atoms with E-state index in [0.29, 0.717) is 18.0 Å². The number of likely N-dealkylation sites (N-methyl/N-ethyl adjacent to an activating group) is 1. The summed E-state index contributed by atoms with van der Waals surface area (Å²) in [6.45, 7) is 7.98. The fourth-order valence-corrected chi connectivity index (χ4v) is 2.90. The highest BCUT2D eigenvalue weighted by Gasteiger charge is 2.29. The standard InChI is InChI=1S/C13H26N2O2/c1-3-14-13-5-7-16-9-11(13)8-15(2)12-4-6-17-10-12/h11-14H,3-10H2,1-2H3. The second kappa shape index (κ2) is 6.69. The topological polar surface area (TPSA) is 33.7 Å². The molecule has 2 aliphatic heterocycles. The van der Waals surface area contributed by atoms with Crippen molar-refractivity contribution in [2.45, 2.75) is 31.8 Å². The zero-order valence-corrected chi connectivity index (χ0v) is 11.2. The summed E-state index contributed by atoms with van der Waals surface area (Å²) in [6.07, 6.45) is 2.32. The van der Waals surface area contributed by atoms with Crippen molar-refractivity contribution < 1.29 is 9.47 Å². The lowest BCUT2D eigenvalue weighted by Crippen LogP contribution is -2.48. The smallest absolute Gasteiger partial charge is 0.0622 e. The molecule has 0 aliphatic carbocycles. The van der Waals surface area contributed by atoms with Gasteiger partial charge in [0.25, 0.3) is 0 Å². The molecule has 0 saturated carbocycles. The van der Waals surface area contributed by atoms with E-state index >= 15 is 0 Å². The fraction of sp³-hybridized carbons (Fsp3) is 1.00. The van der Waals surface area contributed by atoms with Crippen molar-refractivity contribution in [3.8, 4) is 0 Å². The molecule has 4 heteroatoms. The maximum Gasteiger partial charge on any atom is 0.0622 e. The molecule has 2 aliphatic rings. The highest BCUT2D eigenvalue weighted by Crippen LogP contribution is 2.19. The van der Waals surface area contributed by atoms with Gasteiger partial charge in [-0.25, -0.2) is 0 Å². The van der Waals surface area contributed by atoms with Crippen LogP contribution in [0.5, 0.6) is 0 Å². The van der Waals surface area contributed by atoms with Crippen molar-refractivity contribution in [1.29, 1.82) is 0 Å². The summed E-state index contributed by atoms with van der Waals surface area (Å²) < 4.78 is 11.1. The van der Waals surface area contributed by atoms with Crippen LogP contribution in [-0.2, 0) is 9.47 Å². The van der Waals surface area contributed by atoms with Crippen LogP contribution >= 0.6 is 0 Å². The van der Waals surface area contributed by atoms with Crippen LogP contribution in [0.3, 0.4) is 0 Å². The maximum absolute atomic E-state index is 5.62. The van der Waals surface area contributed by atoms with E-state index in [4.69, 9.17) is 9.47 Å². The van der Waals surface area contributed by atoms with E-state index in [0.717, 1.165) is 45.9 Å². The van der Waals surface area contributed by atoms with Gasteiger partial charge in [0.15, 0.2) is 0 Å². The van der Waals surface area contributed by atoms with Crippen molar-refractivity contribution in [2.75, 3.05) is 46.6 Å². The third-order valence-electron chi connectivity index (χ3n) is 3.99. The largest absolute Gasteiger partial charge is 0.381 e. The van der Waals surface area contributed by atoms with Gasteiger partial charge in [-0.3, -0.25) is 0 Å². The Morgan fingerprint density at radius 3 is 2.65 bits per heavy atom. The van der Waals surface area contributed by atoms with Gasteiger partial charge in [0.2, 0.25) is 0 Å². The monoisotopic (exact) mass is 242 g/mol. The Balaban J connectivity index is 1.81. The first-order valence-corrected chi connectivity index (χ1v) is 6.90. The van der Waals surface area contributed by atoms with Crippen LogP contribution in [0.25, 0.3) is 0 Å². The molecule has 0 radical (unpaired) electrons. The van der Waals surface area contributed by atoms with E-state index in [1.807, 2.05) is 0 Å². The Kier molecular flexibility index (Phi) is 5.22. The zero-order chi connectivity index (χ0) is 12.1. The summed E-state index contributed by atoms with van der Waals surface area (Å²) >= 11 is 0. The summed E-state index contributed by atoms with van der Waals surface area (Å²) in [5.74, 6) is 0.620. The van der Waals surface area contributed by atoms with Crippen LogP contribution in [0.15, 0.2) is 0 Å². The minimum Gasteiger partial charge on any atom is -0.381 e. The van der Waals surface area contributed by atoms with Crippen molar-refractivity contribution in [3.05, 3.63) is 0 Å². The molecule has 1 N–H and O–H groups in total. The van der Waals surface area contributed by atoms with Crippen LogP contribution in [-0.4, -0.2) is 63.5 Å². The molecule has 2 heterocycles. The van der Waals surface area contributed by atoms with E-state index in [9.17, 15) is 0 Å². The number of ether oxygens (including phenoxy) is 2. The van der Waals surface area contributed by atoms with E-state index in [-0.39, 0.29) is 0 Å². The van der Waals surface area contributed by atoms with E-state index in [2.05, 4.69) is 24.2 Å². The molecule has 0 aromatic rings. The molecule has 3 unspecified atom stereocenters. The summed E-state index contributed by atoms with van der Waals surface area (Å²) in [5.41, 5.74) is 0. The van der Waals surface area contributed by atoms with Gasteiger partial charge in [0.1, 0.15) is 0 Å². The molecule has 17 heavy (non-hydrogen) atoms. The van der Waals surface area contributed by atoms with Gasteiger partial charge in [0.05, 0.1) is 13.2 Å². The number of nitrogens with one attached hydrogen (secondary N) is 1. The van der Waals surface area contributed by atoms with Crippen molar-refractivity contribution in [1.82, 2.24) is 10.2 Å². The molecule has 2 rings (SSSR count). The van der Waals surface area contributed by atoms with Crippen LogP contribution < -0.4 is 5.32 Å². The quantitative estimate of drug-likeness (QED) is 0.770. The summed E-state index contributed by atoms with van der Waals surface area (Å²) in [6, 6.07) is 1.23. The first-order chi connectivity index (χ1) is 8.31. The van der Waals surface area contributed by atoms with Crippen LogP contribution in [0.1, 0.15) is 19.8 Å². The second-order valence-corrected chi connectivity index (χ2v) is 5.24. The average molecular weight is 242 g/mol. The third-order valence-corrected chi connectivity index (χ3v) is 3.99. The molecule has 4 nitrogen and oxygen atoms in total. The Morgan fingerprint density at radius 2 is 1.94 bits per heavy atom. The Labute approximate surface area is 105 Å². The molecular formula is C13H26N2O2. The Bertz CT molecular complexity index is 217. The normalized spacial score (nSPS) is 34.4. The minimum absolute atomic E-state index is 0.610. The highest BCUT2D eigenvalue weighted by molar-refractivity contribution is 4.83. The lowest BCUT2D eigenvalue weighted by molar-refractivity contribution is 0.0142. The average Bonchev–Trinajstić information content (AvgIpc) is 2.85. The number of rotatable bonds is 5. The first-order valence-electron chi connectivity index (χ1n) is 6.90. The molecule has 0 aromatic carbocycles. The third kappa shape index (κ3) is 3.65.